The first-order valence-electron chi connectivity index (χ1n) is 9.26. The summed E-state index contributed by atoms with van der Waals surface area (Å²) in [7, 11) is 1.79. The van der Waals surface area contributed by atoms with Crippen molar-refractivity contribution in [2.75, 3.05) is 62.0 Å². The minimum atomic E-state index is -0.228. The number of hydrogen-bond acceptors (Lipinski definition) is 6. The molecule has 1 aliphatic heterocycles. The predicted molar refractivity (Wildman–Crippen MR) is 105 cm³/mol. The second kappa shape index (κ2) is 9.34. The highest BCUT2D eigenvalue weighted by Crippen LogP contribution is 2.18. The monoisotopic (exact) mass is 388 g/mol. The van der Waals surface area contributed by atoms with Crippen LogP contribution in [-0.2, 0) is 14.3 Å². The second-order valence-corrected chi connectivity index (χ2v) is 6.88. The molecule has 1 unspecified atom stereocenters. The van der Waals surface area contributed by atoms with E-state index in [1.165, 1.54) is 0 Å². The fourth-order valence-electron chi connectivity index (χ4n) is 3.01. The van der Waals surface area contributed by atoms with E-state index in [4.69, 9.17) is 9.26 Å². The van der Waals surface area contributed by atoms with E-state index in [2.05, 4.69) is 20.7 Å². The summed E-state index contributed by atoms with van der Waals surface area (Å²) in [5.74, 6) is 0.616. The van der Waals surface area contributed by atoms with Crippen LogP contribution in [-0.4, -0.2) is 63.4 Å². The first kappa shape index (κ1) is 19.8. The van der Waals surface area contributed by atoms with Crippen LogP contribution in [0.25, 0.3) is 0 Å². The quantitative estimate of drug-likeness (QED) is 0.613. The molecule has 1 atom stereocenters. The molecule has 3 rings (SSSR count). The average molecular weight is 388 g/mol. The molecule has 0 bridgehead atoms. The zero-order chi connectivity index (χ0) is 19.9. The molecule has 1 fully saturated rings. The number of carbonyl (C=O) groups is 2. The Morgan fingerprint density at radius 2 is 1.75 bits per heavy atom. The SMILES string of the molecule is Cc1cc(NC(=O)C[NH+](C)CC(=O)Nc2ccc(N3CCOCC3)cc2)no1. The van der Waals surface area contributed by atoms with Crippen LogP contribution in [0.2, 0.25) is 0 Å². The van der Waals surface area contributed by atoms with Crippen LogP contribution in [0.3, 0.4) is 0 Å². The van der Waals surface area contributed by atoms with Gasteiger partial charge in [0, 0.05) is 30.5 Å². The van der Waals surface area contributed by atoms with Crippen LogP contribution < -0.4 is 20.4 Å². The number of amides is 2. The highest BCUT2D eigenvalue weighted by Gasteiger charge is 2.16. The number of hydrogen-bond donors (Lipinski definition) is 3. The lowest BCUT2D eigenvalue weighted by molar-refractivity contribution is -0.862. The first-order chi connectivity index (χ1) is 13.5. The number of quaternary nitrogens is 1. The molecule has 0 radical (unpaired) electrons. The lowest BCUT2D eigenvalue weighted by Gasteiger charge is -2.28. The highest BCUT2D eigenvalue weighted by molar-refractivity contribution is 5.92. The van der Waals surface area contributed by atoms with Gasteiger partial charge in [0.15, 0.2) is 18.9 Å². The van der Waals surface area contributed by atoms with Gasteiger partial charge in [-0.25, -0.2) is 0 Å². The smallest absolute Gasteiger partial charge is 0.280 e. The zero-order valence-corrected chi connectivity index (χ0v) is 16.2. The maximum absolute atomic E-state index is 12.2. The molecule has 9 nitrogen and oxygen atoms in total. The second-order valence-electron chi connectivity index (χ2n) is 6.88. The summed E-state index contributed by atoms with van der Waals surface area (Å²) < 4.78 is 10.3. The summed E-state index contributed by atoms with van der Waals surface area (Å²) in [6, 6.07) is 9.39. The van der Waals surface area contributed by atoms with Gasteiger partial charge in [0.2, 0.25) is 0 Å². The van der Waals surface area contributed by atoms with Crippen molar-refractivity contribution < 1.29 is 23.7 Å². The van der Waals surface area contributed by atoms with Crippen LogP contribution in [0.1, 0.15) is 5.76 Å². The third kappa shape index (κ3) is 5.80. The molecule has 1 aromatic carbocycles. The summed E-state index contributed by atoms with van der Waals surface area (Å²) in [4.78, 5) is 27.3. The Balaban J connectivity index is 1.43. The fourth-order valence-corrected chi connectivity index (χ4v) is 3.01. The summed E-state index contributed by atoms with van der Waals surface area (Å²) in [5, 5.41) is 9.23. The van der Waals surface area contributed by atoms with E-state index >= 15 is 0 Å². The third-order valence-corrected chi connectivity index (χ3v) is 4.35. The van der Waals surface area contributed by atoms with Crippen LogP contribution in [0.5, 0.6) is 0 Å². The average Bonchev–Trinajstić information content (AvgIpc) is 3.07. The lowest BCUT2D eigenvalue weighted by atomic mass is 10.2. The van der Waals surface area contributed by atoms with Gasteiger partial charge in [-0.1, -0.05) is 5.16 Å². The van der Waals surface area contributed by atoms with Crippen molar-refractivity contribution in [3.05, 3.63) is 36.1 Å². The van der Waals surface area contributed by atoms with Gasteiger partial charge in [0.1, 0.15) is 5.76 Å². The molecule has 3 N–H and O–H groups in total. The van der Waals surface area contributed by atoms with E-state index < -0.39 is 0 Å². The molecule has 2 amide bonds. The minimum Gasteiger partial charge on any atom is -0.378 e. The van der Waals surface area contributed by atoms with E-state index in [0.717, 1.165) is 42.6 Å². The topological polar surface area (TPSA) is 101 Å². The molecule has 2 aromatic rings. The number of aromatic nitrogens is 1. The number of morpholine rings is 1. The lowest BCUT2D eigenvalue weighted by Crippen LogP contribution is -3.11. The number of ether oxygens (including phenoxy) is 1. The maximum atomic E-state index is 12.2. The summed E-state index contributed by atoms with van der Waals surface area (Å²) in [5.41, 5.74) is 1.85. The van der Waals surface area contributed by atoms with Gasteiger partial charge in [0.05, 0.1) is 20.3 Å². The molecule has 2 heterocycles. The summed E-state index contributed by atoms with van der Waals surface area (Å²) >= 11 is 0. The van der Waals surface area contributed by atoms with Crippen molar-refractivity contribution in [2.45, 2.75) is 6.92 Å². The molecule has 0 spiro atoms. The van der Waals surface area contributed by atoms with Crippen LogP contribution in [0.15, 0.2) is 34.9 Å². The molecule has 150 valence electrons. The van der Waals surface area contributed by atoms with E-state index in [1.54, 1.807) is 20.0 Å². The van der Waals surface area contributed by atoms with E-state index in [9.17, 15) is 9.59 Å². The molecule has 1 saturated heterocycles. The molecule has 28 heavy (non-hydrogen) atoms. The van der Waals surface area contributed by atoms with Gasteiger partial charge < -0.3 is 29.7 Å². The van der Waals surface area contributed by atoms with E-state index in [0.29, 0.717) is 11.6 Å². The van der Waals surface area contributed by atoms with Gasteiger partial charge in [0.25, 0.3) is 11.8 Å². The molecular weight excluding hydrogens is 362 g/mol. The van der Waals surface area contributed by atoms with E-state index in [-0.39, 0.29) is 24.9 Å². The van der Waals surface area contributed by atoms with Gasteiger partial charge in [-0.05, 0) is 31.2 Å². The normalized spacial score (nSPS) is 15.1. The van der Waals surface area contributed by atoms with Gasteiger partial charge in [-0.15, -0.1) is 0 Å². The zero-order valence-electron chi connectivity index (χ0n) is 16.2. The Kier molecular flexibility index (Phi) is 6.62. The summed E-state index contributed by atoms with van der Waals surface area (Å²) in [6.45, 7) is 5.28. The Labute approximate surface area is 163 Å². The van der Waals surface area contributed by atoms with Crippen molar-refractivity contribution in [1.29, 1.82) is 0 Å². The molecule has 9 heteroatoms. The number of nitrogens with one attached hydrogen (secondary N) is 3. The molecular formula is C19H26N5O4+. The molecule has 1 aliphatic rings. The number of likely N-dealkylation sites (N-methyl/N-ethyl adjacent to an activating group) is 1. The van der Waals surface area contributed by atoms with Crippen molar-refractivity contribution in [3.63, 3.8) is 0 Å². The van der Waals surface area contributed by atoms with Crippen molar-refractivity contribution in [2.24, 2.45) is 0 Å². The molecule has 0 aliphatic carbocycles. The van der Waals surface area contributed by atoms with Gasteiger partial charge in [-0.3, -0.25) is 9.59 Å². The van der Waals surface area contributed by atoms with Crippen LogP contribution in [0, 0.1) is 6.92 Å². The van der Waals surface area contributed by atoms with Crippen molar-refractivity contribution >= 4 is 29.0 Å². The third-order valence-electron chi connectivity index (χ3n) is 4.35. The van der Waals surface area contributed by atoms with Crippen LogP contribution >= 0.6 is 0 Å². The first-order valence-corrected chi connectivity index (χ1v) is 9.26. The Hall–Kier alpha value is -2.91. The van der Waals surface area contributed by atoms with Gasteiger partial charge in [-0.2, -0.15) is 0 Å². The van der Waals surface area contributed by atoms with E-state index in [1.807, 2.05) is 24.3 Å². The largest absolute Gasteiger partial charge is 0.378 e. The minimum absolute atomic E-state index is 0.148. The Bertz CT molecular complexity index is 799. The van der Waals surface area contributed by atoms with Crippen molar-refractivity contribution in [1.82, 2.24) is 5.16 Å². The number of rotatable bonds is 7. The maximum Gasteiger partial charge on any atom is 0.280 e. The Morgan fingerprint density at radius 1 is 1.11 bits per heavy atom. The van der Waals surface area contributed by atoms with Crippen LogP contribution in [0.4, 0.5) is 17.2 Å². The molecule has 0 saturated carbocycles. The number of nitrogens with zero attached hydrogens (tertiary/aromatic N) is 2. The predicted octanol–water partition coefficient (Wildman–Crippen LogP) is -0.0885. The van der Waals surface area contributed by atoms with Gasteiger partial charge >= 0.3 is 0 Å². The number of aryl methyl sites for hydroxylation is 1. The summed E-state index contributed by atoms with van der Waals surface area (Å²) in [6.07, 6.45) is 0. The fraction of sp³-hybridized carbons (Fsp3) is 0.421. The molecule has 1 aromatic heterocycles. The Morgan fingerprint density at radius 3 is 2.36 bits per heavy atom. The number of anilines is 3. The van der Waals surface area contributed by atoms with Crippen molar-refractivity contribution in [3.8, 4) is 0 Å². The number of benzene rings is 1. The standard InChI is InChI=1S/C19H25N5O4/c1-14-11-17(22-28-14)21-19(26)13-23(2)12-18(25)20-15-3-5-16(6-4-15)24-7-9-27-10-8-24/h3-6,11H,7-10,12-13H2,1-2H3,(H,20,25)(H,21,22,26)/p+1. The highest BCUT2D eigenvalue weighted by atomic mass is 16.5. The number of carbonyl (C=O) groups excluding carboxylic acids is 2.